The Morgan fingerprint density at radius 2 is 2.11 bits per heavy atom. The highest BCUT2D eigenvalue weighted by molar-refractivity contribution is 8.15. The predicted molar refractivity (Wildman–Crippen MR) is 75.0 cm³/mol. The second kappa shape index (κ2) is 7.56. The van der Waals surface area contributed by atoms with Crippen LogP contribution < -0.4 is 4.18 Å². The smallest absolute Gasteiger partial charge is 0.339 e. The number of rotatable bonds is 7. The van der Waals surface area contributed by atoms with Crippen LogP contribution in [0.25, 0.3) is 0 Å². The molecule has 0 aliphatic heterocycles. The van der Waals surface area contributed by atoms with Crippen LogP contribution in [0.2, 0.25) is 0 Å². The van der Waals surface area contributed by atoms with E-state index in [1.54, 1.807) is 25.1 Å². The molecule has 1 aromatic carbocycles. The SMILES string of the molecule is CCC(SOc1ccccc1C(=O)O)SC(C)O. The molecule has 4 nitrogen and oxygen atoms in total. The number of carboxylic acids is 1. The molecule has 18 heavy (non-hydrogen) atoms. The number of aromatic carboxylic acids is 1. The summed E-state index contributed by atoms with van der Waals surface area (Å²) in [7, 11) is 0. The second-order valence-corrected chi connectivity index (χ2v) is 6.30. The van der Waals surface area contributed by atoms with Crippen molar-refractivity contribution < 1.29 is 19.2 Å². The highest BCUT2D eigenvalue weighted by Gasteiger charge is 2.15. The molecule has 2 unspecified atom stereocenters. The van der Waals surface area contributed by atoms with Gasteiger partial charge in [0.15, 0.2) is 5.75 Å². The first-order valence-corrected chi connectivity index (χ1v) is 7.28. The summed E-state index contributed by atoms with van der Waals surface area (Å²) in [6.07, 6.45) is 0.815. The van der Waals surface area contributed by atoms with Crippen LogP contribution in [0.3, 0.4) is 0 Å². The van der Waals surface area contributed by atoms with Crippen LogP contribution in [0, 0.1) is 0 Å². The first kappa shape index (κ1) is 15.2. The van der Waals surface area contributed by atoms with E-state index in [0.717, 1.165) is 6.42 Å². The number of carbonyl (C=O) groups is 1. The molecule has 0 aromatic heterocycles. The molecule has 0 radical (unpaired) electrons. The molecular formula is C12H16O4S2. The average molecular weight is 288 g/mol. The van der Waals surface area contributed by atoms with Gasteiger partial charge < -0.3 is 14.4 Å². The van der Waals surface area contributed by atoms with Gasteiger partial charge in [-0.25, -0.2) is 4.79 Å². The van der Waals surface area contributed by atoms with E-state index in [9.17, 15) is 9.90 Å². The summed E-state index contributed by atoms with van der Waals surface area (Å²) in [5, 5.41) is 18.3. The van der Waals surface area contributed by atoms with Crippen LogP contribution in [0.1, 0.15) is 30.6 Å². The van der Waals surface area contributed by atoms with Crippen LogP contribution in [-0.2, 0) is 0 Å². The first-order chi connectivity index (χ1) is 8.54. The molecule has 0 amide bonds. The minimum Gasteiger partial charge on any atom is -0.478 e. The molecule has 1 rings (SSSR count). The summed E-state index contributed by atoms with van der Waals surface area (Å²) < 4.78 is 5.52. The van der Waals surface area contributed by atoms with Gasteiger partial charge in [0.1, 0.15) is 5.56 Å². The molecule has 0 saturated heterocycles. The van der Waals surface area contributed by atoms with Gasteiger partial charge in [-0.3, -0.25) is 0 Å². The van der Waals surface area contributed by atoms with Gasteiger partial charge in [0.25, 0.3) is 0 Å². The number of thioether (sulfide) groups is 1. The number of aliphatic hydroxyl groups excluding tert-OH is 1. The maximum atomic E-state index is 11.0. The van der Waals surface area contributed by atoms with E-state index in [0.29, 0.717) is 5.75 Å². The third-order valence-corrected chi connectivity index (χ3v) is 4.47. The van der Waals surface area contributed by atoms with Crippen molar-refractivity contribution in [3.8, 4) is 5.75 Å². The lowest BCUT2D eigenvalue weighted by molar-refractivity contribution is 0.0695. The summed E-state index contributed by atoms with van der Waals surface area (Å²) in [5.41, 5.74) is -0.331. The highest BCUT2D eigenvalue weighted by Crippen LogP contribution is 2.32. The van der Waals surface area contributed by atoms with Crippen LogP contribution in [0.4, 0.5) is 0 Å². The van der Waals surface area contributed by atoms with Gasteiger partial charge in [-0.05, 0) is 25.5 Å². The molecule has 100 valence electrons. The summed E-state index contributed by atoms with van der Waals surface area (Å²) in [6, 6.07) is 6.51. The van der Waals surface area contributed by atoms with Gasteiger partial charge >= 0.3 is 5.97 Å². The van der Waals surface area contributed by atoms with Crippen molar-refractivity contribution in [2.24, 2.45) is 0 Å². The third-order valence-electron chi connectivity index (χ3n) is 2.04. The quantitative estimate of drug-likeness (QED) is 0.593. The van der Waals surface area contributed by atoms with E-state index in [1.807, 2.05) is 6.92 Å². The predicted octanol–water partition coefficient (Wildman–Crippen LogP) is 3.22. The Labute approximate surface area is 115 Å². The fourth-order valence-electron chi connectivity index (χ4n) is 1.23. The molecule has 6 heteroatoms. The molecule has 0 fully saturated rings. The van der Waals surface area contributed by atoms with E-state index in [-0.39, 0.29) is 10.1 Å². The monoisotopic (exact) mass is 288 g/mol. The topological polar surface area (TPSA) is 66.8 Å². The molecule has 0 bridgehead atoms. The Morgan fingerprint density at radius 3 is 2.67 bits per heavy atom. The maximum Gasteiger partial charge on any atom is 0.339 e. The van der Waals surface area contributed by atoms with E-state index in [1.165, 1.54) is 29.9 Å². The van der Waals surface area contributed by atoms with Gasteiger partial charge in [0.05, 0.1) is 22.1 Å². The van der Waals surface area contributed by atoms with E-state index >= 15 is 0 Å². The van der Waals surface area contributed by atoms with Gasteiger partial charge in [-0.2, -0.15) is 0 Å². The van der Waals surface area contributed by atoms with Gasteiger partial charge in [0, 0.05) is 0 Å². The van der Waals surface area contributed by atoms with Crippen molar-refractivity contribution in [3.05, 3.63) is 29.8 Å². The van der Waals surface area contributed by atoms with Crippen molar-refractivity contribution in [1.82, 2.24) is 0 Å². The van der Waals surface area contributed by atoms with Gasteiger partial charge in [0.2, 0.25) is 0 Å². The average Bonchev–Trinajstić information content (AvgIpc) is 2.34. The molecule has 0 aliphatic rings. The van der Waals surface area contributed by atoms with E-state index < -0.39 is 11.4 Å². The molecular weight excluding hydrogens is 272 g/mol. The minimum absolute atomic E-state index is 0.0619. The van der Waals surface area contributed by atoms with Gasteiger partial charge in [-0.1, -0.05) is 19.1 Å². The van der Waals surface area contributed by atoms with Gasteiger partial charge in [-0.15, -0.1) is 11.8 Å². The summed E-state index contributed by atoms with van der Waals surface area (Å²) in [5.74, 6) is -0.679. The number of para-hydroxylation sites is 1. The maximum absolute atomic E-state index is 11.0. The summed E-state index contributed by atoms with van der Waals surface area (Å²) in [4.78, 5) is 11.0. The minimum atomic E-state index is -1.01. The van der Waals surface area contributed by atoms with Crippen LogP contribution in [-0.4, -0.2) is 26.2 Å². The zero-order valence-electron chi connectivity index (χ0n) is 10.2. The molecule has 0 saturated carbocycles. The highest BCUT2D eigenvalue weighted by atomic mass is 32.2. The standard InChI is InChI=1S/C12H16O4S2/c1-3-11(17-8(2)13)18-16-10-7-5-4-6-9(10)12(14)15/h4-8,11,13H,3H2,1-2H3,(H,14,15). The Morgan fingerprint density at radius 1 is 1.44 bits per heavy atom. The zero-order chi connectivity index (χ0) is 13.5. The summed E-state index contributed by atoms with van der Waals surface area (Å²) in [6.45, 7) is 3.68. The Hall–Kier alpha value is -0.850. The van der Waals surface area contributed by atoms with Crippen molar-refractivity contribution >= 4 is 29.8 Å². The van der Waals surface area contributed by atoms with Crippen molar-refractivity contribution in [2.75, 3.05) is 0 Å². The first-order valence-electron chi connectivity index (χ1n) is 5.53. The molecule has 0 spiro atoms. The van der Waals surface area contributed by atoms with E-state index in [4.69, 9.17) is 9.29 Å². The molecule has 2 atom stereocenters. The molecule has 2 N–H and O–H groups in total. The van der Waals surface area contributed by atoms with Crippen molar-refractivity contribution in [1.29, 1.82) is 0 Å². The summed E-state index contributed by atoms with van der Waals surface area (Å²) >= 11 is 2.55. The Bertz CT molecular complexity index is 395. The lowest BCUT2D eigenvalue weighted by atomic mass is 10.2. The van der Waals surface area contributed by atoms with Crippen molar-refractivity contribution in [3.63, 3.8) is 0 Å². The molecule has 0 heterocycles. The lowest BCUT2D eigenvalue weighted by Crippen LogP contribution is -2.06. The molecule has 1 aromatic rings. The van der Waals surface area contributed by atoms with Crippen molar-refractivity contribution in [2.45, 2.75) is 30.3 Å². The number of hydrogen-bond acceptors (Lipinski definition) is 5. The normalized spacial score (nSPS) is 13.9. The number of hydrogen-bond donors (Lipinski definition) is 2. The number of benzene rings is 1. The molecule has 0 aliphatic carbocycles. The fourth-order valence-corrected chi connectivity index (χ4v) is 3.13. The third kappa shape index (κ3) is 4.80. The second-order valence-electron chi connectivity index (χ2n) is 3.55. The largest absolute Gasteiger partial charge is 0.478 e. The Balaban J connectivity index is 2.64. The number of aliphatic hydroxyl groups is 1. The number of carboxylic acid groups (broad SMARTS) is 1. The fraction of sp³-hybridized carbons (Fsp3) is 0.417. The lowest BCUT2D eigenvalue weighted by Gasteiger charge is -2.15. The van der Waals surface area contributed by atoms with Crippen LogP contribution in [0.15, 0.2) is 24.3 Å². The van der Waals surface area contributed by atoms with Crippen LogP contribution >= 0.6 is 23.8 Å². The zero-order valence-corrected chi connectivity index (χ0v) is 11.8. The Kier molecular flexibility index (Phi) is 6.38. The van der Waals surface area contributed by atoms with E-state index in [2.05, 4.69) is 0 Å². The van der Waals surface area contributed by atoms with Crippen LogP contribution in [0.5, 0.6) is 5.75 Å².